The molecule has 1 fully saturated rings. The molecule has 2 heterocycles. The van der Waals surface area contributed by atoms with Gasteiger partial charge in [0.05, 0.1) is 13.7 Å². The third kappa shape index (κ3) is 5.18. The number of ether oxygens (including phenoxy) is 2. The van der Waals surface area contributed by atoms with Crippen LogP contribution in [0.15, 0.2) is 30.5 Å². The van der Waals surface area contributed by atoms with E-state index in [1.54, 1.807) is 7.11 Å². The summed E-state index contributed by atoms with van der Waals surface area (Å²) in [4.78, 5) is 11.5. The topological polar surface area (TPSA) is 47.5 Å². The molecule has 0 aliphatic carbocycles. The average molecular weight is 355 g/mol. The van der Waals surface area contributed by atoms with Crippen molar-refractivity contribution < 1.29 is 9.47 Å². The van der Waals surface area contributed by atoms with Crippen LogP contribution in [0.1, 0.15) is 43.3 Å². The highest BCUT2D eigenvalue weighted by Crippen LogP contribution is 2.29. The van der Waals surface area contributed by atoms with Gasteiger partial charge >= 0.3 is 0 Å². The van der Waals surface area contributed by atoms with Crippen LogP contribution in [0.4, 0.5) is 0 Å². The van der Waals surface area contributed by atoms with Gasteiger partial charge in [0.1, 0.15) is 5.82 Å². The first-order valence-corrected chi connectivity index (χ1v) is 9.61. The van der Waals surface area contributed by atoms with Gasteiger partial charge in [-0.15, -0.1) is 0 Å². The number of nitrogens with zero attached hydrogens (tertiary/aromatic N) is 3. The van der Waals surface area contributed by atoms with Crippen LogP contribution < -0.4 is 9.47 Å². The number of likely N-dealkylation sites (tertiary alicyclic amines) is 1. The Kier molecular flexibility index (Phi) is 6.83. The quantitative estimate of drug-likeness (QED) is 0.644. The van der Waals surface area contributed by atoms with Crippen molar-refractivity contribution >= 4 is 0 Å². The van der Waals surface area contributed by atoms with Crippen LogP contribution in [0.5, 0.6) is 11.5 Å². The summed E-state index contributed by atoms with van der Waals surface area (Å²) in [5.41, 5.74) is 2.20. The molecule has 1 aromatic carbocycles. The highest BCUT2D eigenvalue weighted by molar-refractivity contribution is 5.43. The summed E-state index contributed by atoms with van der Waals surface area (Å²) in [5, 5.41) is 0. The Labute approximate surface area is 156 Å². The molecule has 5 heteroatoms. The van der Waals surface area contributed by atoms with E-state index in [1.807, 2.05) is 18.3 Å². The standard InChI is InChI=1S/C21H29N3O2/c1-3-18-9-10-22-21(23-18)16-17-7-8-19(25-2)20(15-17)26-14-6-13-24-11-4-5-12-24/h7-10,15H,3-6,11-14,16H2,1-2H3. The van der Waals surface area contributed by atoms with Gasteiger partial charge in [-0.25, -0.2) is 9.97 Å². The Bertz CT molecular complexity index is 699. The molecule has 26 heavy (non-hydrogen) atoms. The second-order valence-corrected chi connectivity index (χ2v) is 6.73. The van der Waals surface area contributed by atoms with Gasteiger partial charge < -0.3 is 14.4 Å². The van der Waals surface area contributed by atoms with Gasteiger partial charge in [-0.3, -0.25) is 0 Å². The molecular weight excluding hydrogens is 326 g/mol. The van der Waals surface area contributed by atoms with Crippen molar-refractivity contribution in [2.45, 2.75) is 39.0 Å². The number of rotatable bonds is 9. The molecule has 2 aromatic rings. The van der Waals surface area contributed by atoms with Crippen molar-refractivity contribution in [2.24, 2.45) is 0 Å². The van der Waals surface area contributed by atoms with E-state index in [1.165, 1.54) is 25.9 Å². The van der Waals surface area contributed by atoms with Crippen LogP contribution >= 0.6 is 0 Å². The van der Waals surface area contributed by atoms with Crippen LogP contribution in [0, 0.1) is 0 Å². The Morgan fingerprint density at radius 1 is 1.12 bits per heavy atom. The molecule has 0 spiro atoms. The lowest BCUT2D eigenvalue weighted by Gasteiger charge is -2.16. The molecule has 140 valence electrons. The van der Waals surface area contributed by atoms with Crippen LogP contribution in [0.3, 0.4) is 0 Å². The van der Waals surface area contributed by atoms with Gasteiger partial charge in [-0.05, 0) is 62.5 Å². The summed E-state index contributed by atoms with van der Waals surface area (Å²) in [6.45, 7) is 6.39. The van der Waals surface area contributed by atoms with Crippen LogP contribution in [-0.2, 0) is 12.8 Å². The first kappa shape index (κ1) is 18.6. The smallest absolute Gasteiger partial charge is 0.161 e. The minimum atomic E-state index is 0.696. The van der Waals surface area contributed by atoms with Crippen molar-refractivity contribution in [3.8, 4) is 11.5 Å². The Balaban J connectivity index is 1.59. The van der Waals surface area contributed by atoms with Crippen molar-refractivity contribution in [1.82, 2.24) is 14.9 Å². The fraction of sp³-hybridized carbons (Fsp3) is 0.524. The Morgan fingerprint density at radius 2 is 1.96 bits per heavy atom. The second-order valence-electron chi connectivity index (χ2n) is 6.73. The molecule has 1 aliphatic heterocycles. The van der Waals surface area contributed by atoms with Gasteiger partial charge in [0, 0.05) is 24.9 Å². The van der Waals surface area contributed by atoms with Crippen molar-refractivity contribution in [1.29, 1.82) is 0 Å². The largest absolute Gasteiger partial charge is 0.493 e. The number of aromatic nitrogens is 2. The fourth-order valence-electron chi connectivity index (χ4n) is 3.33. The molecule has 0 unspecified atom stereocenters. The van der Waals surface area contributed by atoms with E-state index in [-0.39, 0.29) is 0 Å². The van der Waals surface area contributed by atoms with E-state index in [4.69, 9.17) is 9.47 Å². The molecule has 0 radical (unpaired) electrons. The maximum absolute atomic E-state index is 6.02. The van der Waals surface area contributed by atoms with E-state index in [0.717, 1.165) is 48.0 Å². The van der Waals surface area contributed by atoms with Gasteiger partial charge in [0.25, 0.3) is 0 Å². The molecule has 0 amide bonds. The maximum atomic E-state index is 6.02. The monoisotopic (exact) mass is 355 g/mol. The zero-order chi connectivity index (χ0) is 18.2. The lowest BCUT2D eigenvalue weighted by molar-refractivity contribution is 0.254. The van der Waals surface area contributed by atoms with Crippen LogP contribution in [-0.4, -0.2) is 48.2 Å². The molecule has 0 N–H and O–H groups in total. The molecule has 3 rings (SSSR count). The minimum absolute atomic E-state index is 0.696. The summed E-state index contributed by atoms with van der Waals surface area (Å²) in [5.74, 6) is 2.42. The van der Waals surface area contributed by atoms with Crippen molar-refractivity contribution in [3.05, 3.63) is 47.5 Å². The molecule has 1 saturated heterocycles. The number of hydrogen-bond acceptors (Lipinski definition) is 5. The lowest BCUT2D eigenvalue weighted by atomic mass is 10.1. The predicted molar refractivity (Wildman–Crippen MR) is 103 cm³/mol. The van der Waals surface area contributed by atoms with Crippen LogP contribution in [0.2, 0.25) is 0 Å². The van der Waals surface area contributed by atoms with E-state index in [0.29, 0.717) is 13.0 Å². The van der Waals surface area contributed by atoms with Gasteiger partial charge in [0.2, 0.25) is 0 Å². The van der Waals surface area contributed by atoms with E-state index in [9.17, 15) is 0 Å². The molecule has 0 saturated carbocycles. The summed E-state index contributed by atoms with van der Waals surface area (Å²) >= 11 is 0. The highest BCUT2D eigenvalue weighted by atomic mass is 16.5. The molecule has 5 nitrogen and oxygen atoms in total. The summed E-state index contributed by atoms with van der Waals surface area (Å²) in [6, 6.07) is 8.04. The molecule has 0 atom stereocenters. The molecule has 1 aliphatic rings. The first-order valence-electron chi connectivity index (χ1n) is 9.61. The van der Waals surface area contributed by atoms with E-state index >= 15 is 0 Å². The molecule has 0 bridgehead atoms. The number of aryl methyl sites for hydroxylation is 1. The predicted octanol–water partition coefficient (Wildman–Crippen LogP) is 3.50. The SMILES string of the molecule is CCc1ccnc(Cc2ccc(OC)c(OCCCN3CCCC3)c2)n1. The summed E-state index contributed by atoms with van der Waals surface area (Å²) in [6.07, 6.45) is 7.15. The third-order valence-corrected chi connectivity index (χ3v) is 4.79. The van der Waals surface area contributed by atoms with E-state index in [2.05, 4.69) is 33.9 Å². The van der Waals surface area contributed by atoms with Crippen LogP contribution in [0.25, 0.3) is 0 Å². The zero-order valence-electron chi connectivity index (χ0n) is 15.9. The third-order valence-electron chi connectivity index (χ3n) is 4.79. The number of hydrogen-bond donors (Lipinski definition) is 0. The summed E-state index contributed by atoms with van der Waals surface area (Å²) in [7, 11) is 1.68. The van der Waals surface area contributed by atoms with Gasteiger partial charge in [0.15, 0.2) is 11.5 Å². The molecule has 1 aromatic heterocycles. The van der Waals surface area contributed by atoms with Crippen molar-refractivity contribution in [2.75, 3.05) is 33.4 Å². The van der Waals surface area contributed by atoms with Gasteiger partial charge in [-0.1, -0.05) is 13.0 Å². The van der Waals surface area contributed by atoms with Crippen molar-refractivity contribution in [3.63, 3.8) is 0 Å². The maximum Gasteiger partial charge on any atom is 0.161 e. The minimum Gasteiger partial charge on any atom is -0.493 e. The van der Waals surface area contributed by atoms with E-state index < -0.39 is 0 Å². The zero-order valence-corrected chi connectivity index (χ0v) is 15.9. The second kappa shape index (κ2) is 9.53. The number of benzene rings is 1. The van der Waals surface area contributed by atoms with Gasteiger partial charge in [-0.2, -0.15) is 0 Å². The number of methoxy groups -OCH3 is 1. The normalized spacial score (nSPS) is 14.5. The average Bonchev–Trinajstić information content (AvgIpc) is 3.19. The first-order chi connectivity index (χ1) is 12.8. The highest BCUT2D eigenvalue weighted by Gasteiger charge is 2.11. The summed E-state index contributed by atoms with van der Waals surface area (Å²) < 4.78 is 11.5. The lowest BCUT2D eigenvalue weighted by Crippen LogP contribution is -2.21. The fourth-order valence-corrected chi connectivity index (χ4v) is 3.33. The Morgan fingerprint density at radius 3 is 2.73 bits per heavy atom. The molecular formula is C21H29N3O2. The Hall–Kier alpha value is -2.14.